The van der Waals surface area contributed by atoms with Crippen molar-refractivity contribution in [2.75, 3.05) is 47.5 Å². The largest absolute Gasteiger partial charge is 0.545 e. The van der Waals surface area contributed by atoms with Crippen molar-refractivity contribution in [2.24, 2.45) is 0 Å². The molecule has 0 saturated heterocycles. The summed E-state index contributed by atoms with van der Waals surface area (Å²) < 4.78 is 22.8. The predicted octanol–water partition coefficient (Wildman–Crippen LogP) is 18.9. The highest BCUT2D eigenvalue weighted by molar-refractivity contribution is 5.70. The van der Waals surface area contributed by atoms with Gasteiger partial charge in [-0.1, -0.05) is 264 Å². The van der Waals surface area contributed by atoms with Crippen molar-refractivity contribution in [1.82, 2.24) is 0 Å². The molecular weight excluding hydrogens is 1010 g/mol. The van der Waals surface area contributed by atoms with Crippen molar-refractivity contribution in [3.05, 3.63) is 109 Å². The van der Waals surface area contributed by atoms with Crippen LogP contribution in [0.25, 0.3) is 0 Å². The summed E-state index contributed by atoms with van der Waals surface area (Å²) in [7, 11) is 5.92. The molecule has 0 rings (SSSR count). The Bertz CT molecular complexity index is 1700. The summed E-state index contributed by atoms with van der Waals surface area (Å²) in [6, 6.07) is 0. The van der Waals surface area contributed by atoms with Crippen LogP contribution >= 0.6 is 0 Å². The van der Waals surface area contributed by atoms with E-state index >= 15 is 0 Å². The van der Waals surface area contributed by atoms with Gasteiger partial charge in [0, 0.05) is 12.8 Å². The second-order valence-electron chi connectivity index (χ2n) is 23.0. The molecule has 0 aromatic carbocycles. The molecule has 0 amide bonds. The van der Waals surface area contributed by atoms with Gasteiger partial charge >= 0.3 is 11.9 Å². The van der Waals surface area contributed by atoms with E-state index < -0.39 is 24.3 Å². The molecule has 0 bridgehead atoms. The topological polar surface area (TPSA) is 111 Å². The molecule has 0 aromatic rings. The maximum absolute atomic E-state index is 12.9. The van der Waals surface area contributed by atoms with Crippen molar-refractivity contribution in [3.63, 3.8) is 0 Å². The molecule has 464 valence electrons. The van der Waals surface area contributed by atoms with Gasteiger partial charge < -0.3 is 33.3 Å². The quantitative estimate of drug-likeness (QED) is 0.0195. The third kappa shape index (κ3) is 63.4. The number of carboxylic acids is 1. The number of carbonyl (C=O) groups is 3. The van der Waals surface area contributed by atoms with E-state index in [2.05, 4.69) is 123 Å². The molecule has 9 nitrogen and oxygen atoms in total. The molecule has 0 saturated carbocycles. The van der Waals surface area contributed by atoms with E-state index in [1.807, 2.05) is 21.1 Å². The maximum Gasteiger partial charge on any atom is 0.306 e. The molecule has 81 heavy (non-hydrogen) atoms. The Hall–Kier alpha value is -4.05. The summed E-state index contributed by atoms with van der Waals surface area (Å²) in [5.74, 6) is -2.30. The zero-order chi connectivity index (χ0) is 59.1. The molecule has 0 heterocycles. The minimum absolute atomic E-state index is 0.140. The summed E-state index contributed by atoms with van der Waals surface area (Å²) in [5.41, 5.74) is 0. The number of aliphatic carboxylic acids is 1. The first-order valence-electron chi connectivity index (χ1n) is 33.0. The number of unbranched alkanes of at least 4 members (excludes halogenated alkanes) is 27. The molecule has 0 aromatic heterocycles. The lowest BCUT2D eigenvalue weighted by Crippen LogP contribution is -2.44. The molecular formula is C72H123NO8. The zero-order valence-electron chi connectivity index (χ0n) is 52.9. The van der Waals surface area contributed by atoms with Gasteiger partial charge in [-0.05, 0) is 103 Å². The number of hydrogen-bond acceptors (Lipinski definition) is 8. The summed E-state index contributed by atoms with van der Waals surface area (Å²) in [5, 5.41) is 11.8. The number of esters is 2. The third-order valence-electron chi connectivity index (χ3n) is 14.0. The van der Waals surface area contributed by atoms with E-state index in [9.17, 15) is 19.5 Å². The van der Waals surface area contributed by atoms with Gasteiger partial charge in [0.25, 0.3) is 0 Å². The van der Waals surface area contributed by atoms with Gasteiger partial charge in [0.1, 0.15) is 13.2 Å². The van der Waals surface area contributed by atoms with Gasteiger partial charge in [-0.3, -0.25) is 9.59 Å². The summed E-state index contributed by atoms with van der Waals surface area (Å²) in [4.78, 5) is 37.4. The number of quaternary nitrogens is 1. The first-order chi connectivity index (χ1) is 39.6. The Morgan fingerprint density at radius 1 is 0.383 bits per heavy atom. The molecule has 2 unspecified atom stereocenters. The highest BCUT2D eigenvalue weighted by atomic mass is 16.7. The van der Waals surface area contributed by atoms with E-state index in [0.717, 1.165) is 109 Å². The standard InChI is InChI=1S/C72H123NO8/c1-6-8-10-12-14-16-18-20-22-24-26-28-30-32-33-34-35-36-37-39-40-42-44-46-48-50-52-54-56-58-60-62-69(74)79-66-68(67-80-72(71(76)77)78-65-64-73(3,4)5)81-70(75)63-61-59-57-55-53-51-49-47-45-43-41-38-31-29-27-25-23-21-19-17-15-13-11-9-7-2/h9,11,15,17-18,20-21,23-24,26-27,29-30,32,38,41,45,47,68,72H,6-8,10,12-14,16,19,22,25,28,31,33-37,39-40,42-44,46,48-67H2,1-5H3/b11-9-,17-15-,20-18-,23-21-,26-24-,29-27-,32-30-,41-38-,47-45-. The normalized spacial score (nSPS) is 13.4. The summed E-state index contributed by atoms with van der Waals surface area (Å²) in [6.45, 7) is 4.61. The van der Waals surface area contributed by atoms with Crippen LogP contribution in [0, 0.1) is 0 Å². The zero-order valence-corrected chi connectivity index (χ0v) is 52.9. The van der Waals surface area contributed by atoms with Gasteiger partial charge in [0.2, 0.25) is 0 Å². The van der Waals surface area contributed by atoms with Crippen LogP contribution < -0.4 is 5.11 Å². The monoisotopic (exact) mass is 1130 g/mol. The van der Waals surface area contributed by atoms with Crippen molar-refractivity contribution in [1.29, 1.82) is 0 Å². The first kappa shape index (κ1) is 77.0. The Morgan fingerprint density at radius 2 is 0.704 bits per heavy atom. The van der Waals surface area contributed by atoms with E-state index in [-0.39, 0.29) is 38.6 Å². The van der Waals surface area contributed by atoms with Crippen LogP contribution in [0.3, 0.4) is 0 Å². The molecule has 0 aliphatic heterocycles. The van der Waals surface area contributed by atoms with E-state index in [1.165, 1.54) is 128 Å². The molecule has 0 fully saturated rings. The predicted molar refractivity (Wildman–Crippen MR) is 343 cm³/mol. The third-order valence-corrected chi connectivity index (χ3v) is 14.0. The highest BCUT2D eigenvalue weighted by Crippen LogP contribution is 2.16. The Kier molecular flexibility index (Phi) is 58.9. The number of ether oxygens (including phenoxy) is 4. The highest BCUT2D eigenvalue weighted by Gasteiger charge is 2.22. The summed E-state index contributed by atoms with van der Waals surface area (Å²) >= 11 is 0. The van der Waals surface area contributed by atoms with Gasteiger partial charge in [-0.15, -0.1) is 0 Å². The van der Waals surface area contributed by atoms with Crippen LogP contribution in [-0.2, 0) is 33.3 Å². The second-order valence-corrected chi connectivity index (χ2v) is 23.0. The van der Waals surface area contributed by atoms with Crippen LogP contribution in [0.4, 0.5) is 0 Å². The number of rotatable bonds is 60. The fraction of sp³-hybridized carbons (Fsp3) is 0.708. The molecule has 2 atom stereocenters. The lowest BCUT2D eigenvalue weighted by Gasteiger charge is -2.26. The van der Waals surface area contributed by atoms with Crippen molar-refractivity contribution >= 4 is 17.9 Å². The smallest absolute Gasteiger partial charge is 0.306 e. The fourth-order valence-corrected chi connectivity index (χ4v) is 8.96. The minimum atomic E-state index is -1.63. The fourth-order valence-electron chi connectivity index (χ4n) is 8.96. The first-order valence-corrected chi connectivity index (χ1v) is 33.0. The number of nitrogens with zero attached hydrogens (tertiary/aromatic N) is 1. The average Bonchev–Trinajstić information content (AvgIpc) is 3.44. The Labute approximate surface area is 498 Å². The molecule has 0 spiro atoms. The molecule has 0 radical (unpaired) electrons. The van der Waals surface area contributed by atoms with Crippen molar-refractivity contribution in [3.8, 4) is 0 Å². The SMILES string of the molecule is CC/C=C\C/C=C\C/C=C\C/C=C\C/C=C\C/C=C\CCCCCCCCC(=O)OC(COC(=O)CCCCCCCCCCCCCCCCCC/C=C\C/C=C\C/C=C\CCCCCCC)COC(OCC[N+](C)(C)C)C(=O)[O-]. The summed E-state index contributed by atoms with van der Waals surface area (Å²) in [6.07, 6.45) is 82.9. The Morgan fingerprint density at radius 3 is 1.05 bits per heavy atom. The van der Waals surface area contributed by atoms with Crippen LogP contribution in [0.15, 0.2) is 109 Å². The lowest BCUT2D eigenvalue weighted by molar-refractivity contribution is -0.870. The number of carbonyl (C=O) groups excluding carboxylic acids is 3. The van der Waals surface area contributed by atoms with Gasteiger partial charge in [-0.25, -0.2) is 0 Å². The van der Waals surface area contributed by atoms with E-state index in [0.29, 0.717) is 17.4 Å². The molecule has 9 heteroatoms. The number of hydrogen-bond donors (Lipinski definition) is 0. The van der Waals surface area contributed by atoms with Gasteiger partial charge in [0.05, 0.1) is 40.3 Å². The number of allylic oxidation sites excluding steroid dienone is 18. The van der Waals surface area contributed by atoms with Crippen LogP contribution in [-0.4, -0.2) is 82.3 Å². The van der Waals surface area contributed by atoms with E-state index in [1.54, 1.807) is 0 Å². The van der Waals surface area contributed by atoms with Crippen LogP contribution in [0.2, 0.25) is 0 Å². The molecule has 0 aliphatic carbocycles. The average molecular weight is 1130 g/mol. The van der Waals surface area contributed by atoms with Gasteiger partial charge in [0.15, 0.2) is 12.4 Å². The number of carboxylic acid groups (broad SMARTS) is 1. The maximum atomic E-state index is 12.9. The van der Waals surface area contributed by atoms with Crippen LogP contribution in [0.1, 0.15) is 271 Å². The lowest BCUT2D eigenvalue weighted by atomic mass is 10.0. The number of likely N-dealkylation sites (N-methyl/N-ethyl adjacent to an activating group) is 1. The van der Waals surface area contributed by atoms with Crippen molar-refractivity contribution < 1.29 is 42.9 Å². The Balaban J connectivity index is 4.19. The molecule has 0 N–H and O–H groups in total. The van der Waals surface area contributed by atoms with Crippen molar-refractivity contribution in [2.45, 2.75) is 283 Å². The second kappa shape index (κ2) is 62.0. The van der Waals surface area contributed by atoms with Crippen LogP contribution in [0.5, 0.6) is 0 Å². The molecule has 0 aliphatic rings. The minimum Gasteiger partial charge on any atom is -0.545 e. The van der Waals surface area contributed by atoms with Gasteiger partial charge in [-0.2, -0.15) is 0 Å². The van der Waals surface area contributed by atoms with E-state index in [4.69, 9.17) is 18.9 Å².